The number of carbonyl (C=O) groups is 1. The summed E-state index contributed by atoms with van der Waals surface area (Å²) in [4.78, 5) is 15.6. The molecule has 5 nitrogen and oxygen atoms in total. The number of nitrogens with one attached hydrogen (secondary N) is 1. The van der Waals surface area contributed by atoms with Gasteiger partial charge in [0, 0.05) is 30.4 Å². The lowest BCUT2D eigenvalue weighted by Crippen LogP contribution is -2.37. The number of ether oxygens (including phenoxy) is 2. The average Bonchev–Trinajstić information content (AvgIpc) is 3.30. The average molecular weight is 346 g/mol. The van der Waals surface area contributed by atoms with Crippen molar-refractivity contribution in [3.05, 3.63) is 46.2 Å². The van der Waals surface area contributed by atoms with Crippen molar-refractivity contribution in [2.45, 2.75) is 18.9 Å². The normalized spacial score (nSPS) is 16.9. The highest BCUT2D eigenvalue weighted by atomic mass is 32.1. The largest absolute Gasteiger partial charge is 0.493 e. The molecule has 0 saturated carbocycles. The van der Waals surface area contributed by atoms with E-state index < -0.39 is 0 Å². The number of carbonyl (C=O) groups excluding carboxylic acids is 1. The molecule has 2 amide bonds. The highest BCUT2D eigenvalue weighted by Crippen LogP contribution is 2.30. The van der Waals surface area contributed by atoms with Gasteiger partial charge in [-0.25, -0.2) is 4.79 Å². The van der Waals surface area contributed by atoms with Crippen LogP contribution < -0.4 is 14.8 Å². The van der Waals surface area contributed by atoms with Gasteiger partial charge in [0.2, 0.25) is 0 Å². The summed E-state index contributed by atoms with van der Waals surface area (Å²) in [6, 6.07) is 9.88. The molecule has 1 saturated heterocycles. The van der Waals surface area contributed by atoms with Crippen molar-refractivity contribution in [2.24, 2.45) is 0 Å². The predicted octanol–water partition coefficient (Wildman–Crippen LogP) is 3.46. The van der Waals surface area contributed by atoms with Crippen LogP contribution in [-0.4, -0.2) is 38.2 Å². The molecular formula is C18H22N2O3S. The minimum Gasteiger partial charge on any atom is -0.493 e. The molecule has 6 heteroatoms. The SMILES string of the molecule is COc1ccc(CNC(=O)N2CCC(c3cccs3)C2)cc1OC. The van der Waals surface area contributed by atoms with Crippen LogP contribution in [0.1, 0.15) is 22.8 Å². The summed E-state index contributed by atoms with van der Waals surface area (Å²) in [5, 5.41) is 5.08. The zero-order valence-electron chi connectivity index (χ0n) is 14.0. The Kier molecular flexibility index (Phi) is 5.25. The summed E-state index contributed by atoms with van der Waals surface area (Å²) in [5.74, 6) is 1.82. The quantitative estimate of drug-likeness (QED) is 0.902. The fourth-order valence-corrected chi connectivity index (χ4v) is 3.84. The van der Waals surface area contributed by atoms with Gasteiger partial charge in [0.25, 0.3) is 0 Å². The second-order valence-electron chi connectivity index (χ2n) is 5.80. The van der Waals surface area contributed by atoms with Gasteiger partial charge in [-0.15, -0.1) is 11.3 Å². The third-order valence-electron chi connectivity index (χ3n) is 4.31. The monoisotopic (exact) mass is 346 g/mol. The van der Waals surface area contributed by atoms with Crippen molar-refractivity contribution in [3.8, 4) is 11.5 Å². The summed E-state index contributed by atoms with van der Waals surface area (Å²) < 4.78 is 10.5. The molecule has 2 heterocycles. The number of benzene rings is 1. The van der Waals surface area contributed by atoms with E-state index in [1.54, 1.807) is 25.6 Å². The van der Waals surface area contributed by atoms with Gasteiger partial charge in [-0.05, 0) is 35.6 Å². The van der Waals surface area contributed by atoms with Gasteiger partial charge in [0.05, 0.1) is 14.2 Å². The number of thiophene rings is 1. The molecule has 1 aromatic heterocycles. The van der Waals surface area contributed by atoms with Crippen molar-refractivity contribution in [2.75, 3.05) is 27.3 Å². The molecule has 1 aliphatic heterocycles. The summed E-state index contributed by atoms with van der Waals surface area (Å²) in [7, 11) is 3.21. The van der Waals surface area contributed by atoms with Crippen molar-refractivity contribution >= 4 is 17.4 Å². The van der Waals surface area contributed by atoms with Crippen LogP contribution in [0.4, 0.5) is 4.79 Å². The van der Waals surface area contributed by atoms with Crippen LogP contribution in [-0.2, 0) is 6.54 Å². The molecule has 1 atom stereocenters. The minimum absolute atomic E-state index is 0.0103. The van der Waals surface area contributed by atoms with Gasteiger partial charge >= 0.3 is 6.03 Å². The van der Waals surface area contributed by atoms with E-state index in [-0.39, 0.29) is 6.03 Å². The molecule has 0 aliphatic carbocycles. The molecule has 128 valence electrons. The van der Waals surface area contributed by atoms with E-state index >= 15 is 0 Å². The van der Waals surface area contributed by atoms with Gasteiger partial charge in [-0.2, -0.15) is 0 Å². The first-order valence-electron chi connectivity index (χ1n) is 7.98. The number of likely N-dealkylation sites (tertiary alicyclic amines) is 1. The second kappa shape index (κ2) is 7.57. The Morgan fingerprint density at radius 1 is 1.29 bits per heavy atom. The second-order valence-corrected chi connectivity index (χ2v) is 6.77. The molecule has 0 spiro atoms. The highest BCUT2D eigenvalue weighted by Gasteiger charge is 2.27. The van der Waals surface area contributed by atoms with E-state index in [1.807, 2.05) is 23.1 Å². The highest BCUT2D eigenvalue weighted by molar-refractivity contribution is 7.10. The van der Waals surface area contributed by atoms with Crippen LogP contribution in [0.5, 0.6) is 11.5 Å². The van der Waals surface area contributed by atoms with E-state index in [9.17, 15) is 4.79 Å². The maximum atomic E-state index is 12.4. The number of amides is 2. The minimum atomic E-state index is -0.0103. The van der Waals surface area contributed by atoms with Crippen molar-refractivity contribution < 1.29 is 14.3 Å². The lowest BCUT2D eigenvalue weighted by Gasteiger charge is -2.17. The van der Waals surface area contributed by atoms with Crippen LogP contribution in [0.15, 0.2) is 35.7 Å². The maximum Gasteiger partial charge on any atom is 0.317 e. The van der Waals surface area contributed by atoms with E-state index in [1.165, 1.54) is 4.88 Å². The molecule has 1 fully saturated rings. The summed E-state index contributed by atoms with van der Waals surface area (Å²) in [5.41, 5.74) is 0.981. The fraction of sp³-hybridized carbons (Fsp3) is 0.389. The van der Waals surface area contributed by atoms with E-state index in [2.05, 4.69) is 22.8 Å². The number of methoxy groups -OCH3 is 2. The van der Waals surface area contributed by atoms with Gasteiger partial charge in [0.15, 0.2) is 11.5 Å². The molecule has 0 bridgehead atoms. The molecule has 3 rings (SSSR count). The van der Waals surface area contributed by atoms with E-state index in [0.29, 0.717) is 24.0 Å². The van der Waals surface area contributed by atoms with Gasteiger partial charge in [-0.1, -0.05) is 12.1 Å². The van der Waals surface area contributed by atoms with E-state index in [0.717, 1.165) is 25.1 Å². The zero-order chi connectivity index (χ0) is 16.9. The van der Waals surface area contributed by atoms with Crippen LogP contribution in [0.2, 0.25) is 0 Å². The molecule has 2 aromatic rings. The fourth-order valence-electron chi connectivity index (χ4n) is 2.98. The van der Waals surface area contributed by atoms with Gasteiger partial charge in [-0.3, -0.25) is 0 Å². The maximum absolute atomic E-state index is 12.4. The van der Waals surface area contributed by atoms with Gasteiger partial charge in [0.1, 0.15) is 0 Å². The first kappa shape index (κ1) is 16.6. The number of rotatable bonds is 5. The number of hydrogen-bond acceptors (Lipinski definition) is 4. The Morgan fingerprint density at radius 2 is 2.12 bits per heavy atom. The third kappa shape index (κ3) is 3.64. The Bertz CT molecular complexity index is 688. The van der Waals surface area contributed by atoms with Crippen LogP contribution in [0, 0.1) is 0 Å². The van der Waals surface area contributed by atoms with Crippen molar-refractivity contribution in [1.29, 1.82) is 0 Å². The molecule has 1 aromatic carbocycles. The lowest BCUT2D eigenvalue weighted by atomic mass is 10.1. The Morgan fingerprint density at radius 3 is 2.83 bits per heavy atom. The molecule has 1 N–H and O–H groups in total. The molecule has 24 heavy (non-hydrogen) atoms. The van der Waals surface area contributed by atoms with Crippen LogP contribution >= 0.6 is 11.3 Å². The number of urea groups is 1. The lowest BCUT2D eigenvalue weighted by molar-refractivity contribution is 0.208. The first-order valence-corrected chi connectivity index (χ1v) is 8.86. The summed E-state index contributed by atoms with van der Waals surface area (Å²) in [6.07, 6.45) is 1.03. The predicted molar refractivity (Wildman–Crippen MR) is 95.0 cm³/mol. The standard InChI is InChI=1S/C18H22N2O3S/c1-22-15-6-5-13(10-16(15)23-2)11-19-18(21)20-8-7-14(12-20)17-4-3-9-24-17/h3-6,9-10,14H,7-8,11-12H2,1-2H3,(H,19,21). The number of nitrogens with zero attached hydrogens (tertiary/aromatic N) is 1. The summed E-state index contributed by atoms with van der Waals surface area (Å²) >= 11 is 1.77. The zero-order valence-corrected chi connectivity index (χ0v) is 14.8. The number of hydrogen-bond donors (Lipinski definition) is 1. The Hall–Kier alpha value is -2.21. The smallest absolute Gasteiger partial charge is 0.317 e. The Balaban J connectivity index is 1.54. The molecule has 0 radical (unpaired) electrons. The Labute approximate surface area is 146 Å². The molecule has 1 unspecified atom stereocenters. The first-order chi connectivity index (χ1) is 11.7. The van der Waals surface area contributed by atoms with Crippen molar-refractivity contribution in [3.63, 3.8) is 0 Å². The van der Waals surface area contributed by atoms with Crippen LogP contribution in [0.25, 0.3) is 0 Å². The third-order valence-corrected chi connectivity index (χ3v) is 5.35. The van der Waals surface area contributed by atoms with Gasteiger partial charge < -0.3 is 19.7 Å². The molecular weight excluding hydrogens is 324 g/mol. The van der Waals surface area contributed by atoms with Crippen LogP contribution in [0.3, 0.4) is 0 Å². The van der Waals surface area contributed by atoms with E-state index in [4.69, 9.17) is 9.47 Å². The summed E-state index contributed by atoms with van der Waals surface area (Å²) in [6.45, 7) is 2.07. The topological polar surface area (TPSA) is 50.8 Å². The van der Waals surface area contributed by atoms with Crippen molar-refractivity contribution in [1.82, 2.24) is 10.2 Å². The molecule has 1 aliphatic rings.